The summed E-state index contributed by atoms with van der Waals surface area (Å²) in [4.78, 5) is 23.3. The number of hydrogen-bond donors (Lipinski definition) is 1. The first-order valence-electron chi connectivity index (χ1n) is 6.99. The van der Waals surface area contributed by atoms with E-state index in [4.69, 9.17) is 14.2 Å². The summed E-state index contributed by atoms with van der Waals surface area (Å²) in [6.07, 6.45) is 1.92. The van der Waals surface area contributed by atoms with E-state index in [0.717, 1.165) is 18.9 Å². The van der Waals surface area contributed by atoms with Crippen LogP contribution >= 0.6 is 0 Å². The number of halogens is 1. The summed E-state index contributed by atoms with van der Waals surface area (Å²) in [5.74, 6) is -1.82. The van der Waals surface area contributed by atoms with E-state index in [-0.39, 0.29) is 17.4 Å². The molecular weight excluding hydrogens is 293 g/mol. The SMILES string of the molecule is COc1ccc(C(=O)OCC(=O)NC[C@H]2CCCO2)cc1F. The van der Waals surface area contributed by atoms with Gasteiger partial charge in [-0.25, -0.2) is 9.18 Å². The average Bonchev–Trinajstić information content (AvgIpc) is 3.03. The number of amides is 1. The normalized spacial score (nSPS) is 17.1. The van der Waals surface area contributed by atoms with Gasteiger partial charge in [-0.15, -0.1) is 0 Å². The van der Waals surface area contributed by atoms with Crippen LogP contribution in [0.1, 0.15) is 23.2 Å². The Kier molecular flexibility index (Phi) is 5.71. The molecule has 22 heavy (non-hydrogen) atoms. The van der Waals surface area contributed by atoms with Gasteiger partial charge in [-0.1, -0.05) is 0 Å². The molecule has 0 saturated carbocycles. The van der Waals surface area contributed by atoms with Gasteiger partial charge in [0.15, 0.2) is 18.2 Å². The zero-order valence-corrected chi connectivity index (χ0v) is 12.3. The van der Waals surface area contributed by atoms with Gasteiger partial charge in [-0.2, -0.15) is 0 Å². The van der Waals surface area contributed by atoms with E-state index in [1.54, 1.807) is 0 Å². The van der Waals surface area contributed by atoms with E-state index in [1.807, 2.05) is 0 Å². The summed E-state index contributed by atoms with van der Waals surface area (Å²) >= 11 is 0. The molecule has 1 heterocycles. The zero-order valence-electron chi connectivity index (χ0n) is 12.3. The van der Waals surface area contributed by atoms with Crippen molar-refractivity contribution in [1.29, 1.82) is 0 Å². The van der Waals surface area contributed by atoms with Crippen LogP contribution in [0.4, 0.5) is 4.39 Å². The number of carbonyl (C=O) groups excluding carboxylic acids is 2. The monoisotopic (exact) mass is 311 g/mol. The lowest BCUT2D eigenvalue weighted by Crippen LogP contribution is -2.34. The van der Waals surface area contributed by atoms with E-state index in [1.165, 1.54) is 19.2 Å². The maximum Gasteiger partial charge on any atom is 0.338 e. The van der Waals surface area contributed by atoms with Gasteiger partial charge in [0.1, 0.15) is 0 Å². The van der Waals surface area contributed by atoms with Gasteiger partial charge >= 0.3 is 5.97 Å². The number of ether oxygens (including phenoxy) is 3. The molecule has 120 valence electrons. The highest BCUT2D eigenvalue weighted by molar-refractivity contribution is 5.91. The molecule has 1 fully saturated rings. The third-order valence-corrected chi connectivity index (χ3v) is 3.27. The zero-order chi connectivity index (χ0) is 15.9. The highest BCUT2D eigenvalue weighted by Crippen LogP contribution is 2.18. The molecule has 1 aromatic rings. The average molecular weight is 311 g/mol. The van der Waals surface area contributed by atoms with Crippen molar-refractivity contribution in [1.82, 2.24) is 5.32 Å². The quantitative estimate of drug-likeness (QED) is 0.801. The van der Waals surface area contributed by atoms with Crippen LogP contribution in [0, 0.1) is 5.82 Å². The summed E-state index contributed by atoms with van der Waals surface area (Å²) in [5, 5.41) is 2.63. The molecular formula is C15H18FNO5. The van der Waals surface area contributed by atoms with Crippen LogP contribution in [-0.4, -0.2) is 44.8 Å². The molecule has 0 aromatic heterocycles. The molecule has 0 radical (unpaired) electrons. The van der Waals surface area contributed by atoms with Crippen molar-refractivity contribution in [3.8, 4) is 5.75 Å². The predicted octanol–water partition coefficient (Wildman–Crippen LogP) is 1.29. The standard InChI is InChI=1S/C15H18FNO5/c1-20-13-5-4-10(7-12(13)16)15(19)22-9-14(18)17-8-11-3-2-6-21-11/h4-5,7,11H,2-3,6,8-9H2,1H3,(H,17,18)/t11-/m1/s1. The smallest absolute Gasteiger partial charge is 0.338 e. The summed E-state index contributed by atoms with van der Waals surface area (Å²) in [6.45, 7) is 0.686. The predicted molar refractivity (Wildman–Crippen MR) is 75.2 cm³/mol. The number of hydrogen-bond acceptors (Lipinski definition) is 5. The lowest BCUT2D eigenvalue weighted by Gasteiger charge is -2.11. The fraction of sp³-hybridized carbons (Fsp3) is 0.467. The Morgan fingerprint density at radius 3 is 2.91 bits per heavy atom. The fourth-order valence-corrected chi connectivity index (χ4v) is 2.09. The largest absolute Gasteiger partial charge is 0.494 e. The second kappa shape index (κ2) is 7.74. The molecule has 1 amide bonds. The minimum Gasteiger partial charge on any atom is -0.494 e. The van der Waals surface area contributed by atoms with Crippen molar-refractivity contribution in [3.63, 3.8) is 0 Å². The Morgan fingerprint density at radius 2 is 2.27 bits per heavy atom. The highest BCUT2D eigenvalue weighted by atomic mass is 19.1. The third-order valence-electron chi connectivity index (χ3n) is 3.27. The lowest BCUT2D eigenvalue weighted by atomic mass is 10.2. The first kappa shape index (κ1) is 16.2. The van der Waals surface area contributed by atoms with Crippen LogP contribution in [0.2, 0.25) is 0 Å². The number of benzene rings is 1. The summed E-state index contributed by atoms with van der Waals surface area (Å²) in [5.41, 5.74) is 0.0187. The molecule has 0 spiro atoms. The molecule has 0 unspecified atom stereocenters. The Labute approximate surface area is 127 Å². The van der Waals surface area contributed by atoms with Gasteiger partial charge in [0.05, 0.1) is 18.8 Å². The van der Waals surface area contributed by atoms with Gasteiger partial charge in [-0.3, -0.25) is 4.79 Å². The molecule has 1 aliphatic heterocycles. The number of methoxy groups -OCH3 is 1. The van der Waals surface area contributed by atoms with Crippen molar-refractivity contribution >= 4 is 11.9 Å². The first-order chi connectivity index (χ1) is 10.6. The van der Waals surface area contributed by atoms with E-state index in [9.17, 15) is 14.0 Å². The molecule has 1 saturated heterocycles. The van der Waals surface area contributed by atoms with Gasteiger partial charge in [0, 0.05) is 13.2 Å². The molecule has 0 bridgehead atoms. The van der Waals surface area contributed by atoms with Crippen LogP contribution in [0.5, 0.6) is 5.75 Å². The Hall–Kier alpha value is -2.15. The van der Waals surface area contributed by atoms with Crippen molar-refractivity contribution in [2.45, 2.75) is 18.9 Å². The maximum absolute atomic E-state index is 13.5. The van der Waals surface area contributed by atoms with Gasteiger partial charge in [0.25, 0.3) is 5.91 Å². The van der Waals surface area contributed by atoms with E-state index >= 15 is 0 Å². The minimum atomic E-state index is -0.770. The molecule has 1 aromatic carbocycles. The van der Waals surface area contributed by atoms with Crippen LogP contribution in [0.3, 0.4) is 0 Å². The highest BCUT2D eigenvalue weighted by Gasteiger charge is 2.17. The molecule has 2 rings (SSSR count). The number of nitrogens with one attached hydrogen (secondary N) is 1. The number of carbonyl (C=O) groups is 2. The molecule has 0 aliphatic carbocycles. The van der Waals surface area contributed by atoms with Crippen molar-refractivity contribution < 1.29 is 28.2 Å². The Balaban J connectivity index is 1.76. The molecule has 1 aliphatic rings. The summed E-state index contributed by atoms with van der Waals surface area (Å²) < 4.78 is 28.4. The second-order valence-electron chi connectivity index (χ2n) is 4.86. The minimum absolute atomic E-state index is 0.0187. The van der Waals surface area contributed by atoms with Crippen LogP contribution in [0.15, 0.2) is 18.2 Å². The van der Waals surface area contributed by atoms with Crippen molar-refractivity contribution in [3.05, 3.63) is 29.6 Å². The third kappa shape index (κ3) is 4.42. The van der Waals surface area contributed by atoms with Gasteiger partial charge in [-0.05, 0) is 31.0 Å². The van der Waals surface area contributed by atoms with E-state index in [0.29, 0.717) is 13.2 Å². The lowest BCUT2D eigenvalue weighted by molar-refractivity contribution is -0.124. The maximum atomic E-state index is 13.5. The molecule has 7 heteroatoms. The summed E-state index contributed by atoms with van der Waals surface area (Å²) in [6, 6.07) is 3.70. The molecule has 1 atom stereocenters. The number of rotatable bonds is 6. The second-order valence-corrected chi connectivity index (χ2v) is 4.86. The van der Waals surface area contributed by atoms with Crippen molar-refractivity contribution in [2.24, 2.45) is 0 Å². The van der Waals surface area contributed by atoms with Gasteiger partial charge < -0.3 is 19.5 Å². The summed E-state index contributed by atoms with van der Waals surface area (Å²) in [7, 11) is 1.33. The van der Waals surface area contributed by atoms with Gasteiger partial charge in [0.2, 0.25) is 0 Å². The first-order valence-corrected chi connectivity index (χ1v) is 6.99. The Bertz CT molecular complexity index is 543. The molecule has 1 N–H and O–H groups in total. The van der Waals surface area contributed by atoms with Crippen molar-refractivity contribution in [2.75, 3.05) is 26.9 Å². The van der Waals surface area contributed by atoms with Crippen LogP contribution in [0.25, 0.3) is 0 Å². The Morgan fingerprint density at radius 1 is 1.45 bits per heavy atom. The van der Waals surface area contributed by atoms with E-state index < -0.39 is 24.3 Å². The fourth-order valence-electron chi connectivity index (χ4n) is 2.09. The number of esters is 1. The van der Waals surface area contributed by atoms with Crippen LogP contribution < -0.4 is 10.1 Å². The van der Waals surface area contributed by atoms with E-state index in [2.05, 4.69) is 5.32 Å². The molecule has 6 nitrogen and oxygen atoms in total. The topological polar surface area (TPSA) is 73.9 Å². The van der Waals surface area contributed by atoms with Crippen LogP contribution in [-0.2, 0) is 14.3 Å².